The van der Waals surface area contributed by atoms with Crippen LogP contribution in [0.1, 0.15) is 44.1 Å². The van der Waals surface area contributed by atoms with Gasteiger partial charge in [-0.15, -0.1) is 0 Å². The van der Waals surface area contributed by atoms with Crippen molar-refractivity contribution in [2.24, 2.45) is 0 Å². The van der Waals surface area contributed by atoms with Gasteiger partial charge >= 0.3 is 0 Å². The van der Waals surface area contributed by atoms with Crippen LogP contribution in [0.2, 0.25) is 0 Å². The minimum absolute atomic E-state index is 0.115. The number of likely N-dealkylation sites (N-methyl/N-ethyl adjacent to an activating group) is 1. The zero-order chi connectivity index (χ0) is 20.9. The highest BCUT2D eigenvalue weighted by molar-refractivity contribution is 7.89. The number of anilines is 1. The molecule has 3 rings (SSSR count). The second-order valence-corrected chi connectivity index (χ2v) is 10.0. The van der Waals surface area contributed by atoms with Crippen LogP contribution < -0.4 is 5.32 Å². The number of ether oxygens (including phenoxy) is 1. The summed E-state index contributed by atoms with van der Waals surface area (Å²) in [5.41, 5.74) is 1.19. The standard InChI is InChI=1S/C21H33N3O4S/c1-17-9-10-18(15-20(17)29(26,27)24-11-13-28-14-12-24)22-21(25)16-23(2)19-7-5-3-4-6-8-19/h9-10,15,19H,3-8,11-14,16H2,1-2H3,(H,22,25). The van der Waals surface area contributed by atoms with Gasteiger partial charge in [-0.1, -0.05) is 31.7 Å². The Labute approximate surface area is 174 Å². The number of morpholine rings is 1. The fourth-order valence-corrected chi connectivity index (χ4v) is 5.80. The molecule has 0 unspecified atom stereocenters. The number of hydrogen-bond donors (Lipinski definition) is 1. The number of carbonyl (C=O) groups excluding carboxylic acids is 1. The highest BCUT2D eigenvalue weighted by Gasteiger charge is 2.28. The highest BCUT2D eigenvalue weighted by atomic mass is 32.2. The number of aryl methyl sites for hydroxylation is 1. The van der Waals surface area contributed by atoms with E-state index in [-0.39, 0.29) is 10.8 Å². The summed E-state index contributed by atoms with van der Waals surface area (Å²) in [6.45, 7) is 3.60. The van der Waals surface area contributed by atoms with Crippen molar-refractivity contribution < 1.29 is 17.9 Å². The van der Waals surface area contributed by atoms with E-state index in [0.717, 1.165) is 12.8 Å². The van der Waals surface area contributed by atoms with Gasteiger partial charge < -0.3 is 10.1 Å². The van der Waals surface area contributed by atoms with Gasteiger partial charge in [-0.2, -0.15) is 4.31 Å². The van der Waals surface area contributed by atoms with E-state index in [1.165, 1.54) is 30.0 Å². The summed E-state index contributed by atoms with van der Waals surface area (Å²) in [4.78, 5) is 14.9. The largest absolute Gasteiger partial charge is 0.379 e. The van der Waals surface area contributed by atoms with E-state index in [1.807, 2.05) is 7.05 Å². The molecule has 7 nitrogen and oxygen atoms in total. The average molecular weight is 424 g/mol. The van der Waals surface area contributed by atoms with Crippen molar-refractivity contribution in [3.05, 3.63) is 23.8 Å². The molecule has 1 aliphatic heterocycles. The van der Waals surface area contributed by atoms with Crippen LogP contribution >= 0.6 is 0 Å². The van der Waals surface area contributed by atoms with Crippen molar-refractivity contribution in [2.75, 3.05) is 45.2 Å². The molecule has 1 heterocycles. The first-order chi connectivity index (χ1) is 13.9. The second-order valence-electron chi connectivity index (χ2n) is 8.11. The van der Waals surface area contributed by atoms with Crippen molar-refractivity contribution in [3.8, 4) is 0 Å². The molecule has 8 heteroatoms. The van der Waals surface area contributed by atoms with E-state index in [9.17, 15) is 13.2 Å². The summed E-state index contributed by atoms with van der Waals surface area (Å²) in [5, 5.41) is 2.88. The number of nitrogens with one attached hydrogen (secondary N) is 1. The number of nitrogens with zero attached hydrogens (tertiary/aromatic N) is 2. The fourth-order valence-electron chi connectivity index (χ4n) is 4.14. The number of hydrogen-bond acceptors (Lipinski definition) is 5. The number of benzene rings is 1. The predicted octanol–water partition coefficient (Wildman–Crippen LogP) is 2.61. The monoisotopic (exact) mass is 423 g/mol. The van der Waals surface area contributed by atoms with Gasteiger partial charge in [0.15, 0.2) is 0 Å². The van der Waals surface area contributed by atoms with Crippen molar-refractivity contribution >= 4 is 21.6 Å². The molecule has 1 saturated heterocycles. The van der Waals surface area contributed by atoms with Gasteiger partial charge in [0.05, 0.1) is 24.7 Å². The average Bonchev–Trinajstić information content (AvgIpc) is 2.99. The second kappa shape index (κ2) is 10.0. The van der Waals surface area contributed by atoms with Crippen LogP contribution in [0.5, 0.6) is 0 Å². The van der Waals surface area contributed by atoms with E-state index in [1.54, 1.807) is 25.1 Å². The molecule has 1 amide bonds. The molecule has 0 bridgehead atoms. The third-order valence-corrected chi connectivity index (χ3v) is 7.94. The first kappa shape index (κ1) is 22.2. The minimum atomic E-state index is -3.60. The quantitative estimate of drug-likeness (QED) is 0.712. The molecule has 1 N–H and O–H groups in total. The Hall–Kier alpha value is -1.48. The van der Waals surface area contributed by atoms with E-state index in [2.05, 4.69) is 10.2 Å². The SMILES string of the molecule is Cc1ccc(NC(=O)CN(C)C2CCCCCC2)cc1S(=O)(=O)N1CCOCC1. The summed E-state index contributed by atoms with van der Waals surface area (Å²) in [7, 11) is -1.60. The van der Waals surface area contributed by atoms with Crippen LogP contribution in [-0.4, -0.2) is 69.5 Å². The smallest absolute Gasteiger partial charge is 0.243 e. The van der Waals surface area contributed by atoms with Crippen molar-refractivity contribution in [3.63, 3.8) is 0 Å². The topological polar surface area (TPSA) is 79.0 Å². The van der Waals surface area contributed by atoms with Gasteiger partial charge in [-0.05, 0) is 44.5 Å². The number of sulfonamides is 1. The Morgan fingerprint density at radius 2 is 1.83 bits per heavy atom. The molecule has 0 radical (unpaired) electrons. The summed E-state index contributed by atoms with van der Waals surface area (Å²) >= 11 is 0. The minimum Gasteiger partial charge on any atom is -0.379 e. The van der Waals surface area contributed by atoms with Crippen LogP contribution in [0.3, 0.4) is 0 Å². The van der Waals surface area contributed by atoms with E-state index in [4.69, 9.17) is 4.74 Å². The van der Waals surface area contributed by atoms with Crippen LogP contribution in [-0.2, 0) is 19.6 Å². The van der Waals surface area contributed by atoms with Gasteiger partial charge in [0, 0.05) is 24.8 Å². The normalized spacial score (nSPS) is 19.8. The third kappa shape index (κ3) is 5.78. The Bertz CT molecular complexity index is 798. The van der Waals surface area contributed by atoms with Crippen molar-refractivity contribution in [2.45, 2.75) is 56.4 Å². The zero-order valence-corrected chi connectivity index (χ0v) is 18.3. The number of amides is 1. The van der Waals surface area contributed by atoms with E-state index in [0.29, 0.717) is 50.1 Å². The molecule has 0 spiro atoms. The first-order valence-electron chi connectivity index (χ1n) is 10.6. The number of carbonyl (C=O) groups is 1. The molecule has 1 aromatic carbocycles. The zero-order valence-electron chi connectivity index (χ0n) is 17.5. The lowest BCUT2D eigenvalue weighted by Crippen LogP contribution is -2.41. The van der Waals surface area contributed by atoms with Crippen LogP contribution in [0.15, 0.2) is 23.1 Å². The van der Waals surface area contributed by atoms with E-state index < -0.39 is 10.0 Å². The maximum absolute atomic E-state index is 13.0. The van der Waals surface area contributed by atoms with Gasteiger partial charge in [-0.25, -0.2) is 8.42 Å². The van der Waals surface area contributed by atoms with Gasteiger partial charge in [0.1, 0.15) is 0 Å². The summed E-state index contributed by atoms with van der Waals surface area (Å²) in [6, 6.07) is 5.53. The maximum Gasteiger partial charge on any atom is 0.243 e. The summed E-state index contributed by atoms with van der Waals surface area (Å²) in [6.07, 6.45) is 7.27. The van der Waals surface area contributed by atoms with Crippen molar-refractivity contribution in [1.82, 2.24) is 9.21 Å². The molecular weight excluding hydrogens is 390 g/mol. The van der Waals surface area contributed by atoms with Gasteiger partial charge in [0.25, 0.3) is 0 Å². The third-order valence-electron chi connectivity index (χ3n) is 5.90. The lowest BCUT2D eigenvalue weighted by Gasteiger charge is -2.27. The fraction of sp³-hybridized carbons (Fsp3) is 0.667. The summed E-state index contributed by atoms with van der Waals surface area (Å²) < 4.78 is 32.7. The molecule has 0 aromatic heterocycles. The van der Waals surface area contributed by atoms with Crippen molar-refractivity contribution in [1.29, 1.82) is 0 Å². The van der Waals surface area contributed by atoms with Gasteiger partial charge in [-0.3, -0.25) is 9.69 Å². The number of rotatable bonds is 6. The Balaban J connectivity index is 1.66. The van der Waals surface area contributed by atoms with E-state index >= 15 is 0 Å². The molecule has 2 fully saturated rings. The molecule has 1 aliphatic carbocycles. The first-order valence-corrected chi connectivity index (χ1v) is 12.0. The van der Waals surface area contributed by atoms with Crippen LogP contribution in [0.4, 0.5) is 5.69 Å². The Kier molecular flexibility index (Phi) is 7.67. The molecule has 0 atom stereocenters. The molecule has 2 aliphatic rings. The van der Waals surface area contributed by atoms with Crippen LogP contribution in [0.25, 0.3) is 0 Å². The lowest BCUT2D eigenvalue weighted by molar-refractivity contribution is -0.117. The molecule has 1 saturated carbocycles. The molecule has 1 aromatic rings. The highest BCUT2D eigenvalue weighted by Crippen LogP contribution is 2.25. The van der Waals surface area contributed by atoms with Gasteiger partial charge in [0.2, 0.25) is 15.9 Å². The Morgan fingerprint density at radius 3 is 2.48 bits per heavy atom. The maximum atomic E-state index is 13.0. The molecule has 162 valence electrons. The van der Waals surface area contributed by atoms with Crippen LogP contribution in [0, 0.1) is 6.92 Å². The molecular formula is C21H33N3O4S. The summed E-state index contributed by atoms with van der Waals surface area (Å²) in [5.74, 6) is -0.115. The molecule has 29 heavy (non-hydrogen) atoms. The lowest BCUT2D eigenvalue weighted by atomic mass is 10.1. The Morgan fingerprint density at radius 1 is 1.17 bits per heavy atom. The predicted molar refractivity (Wildman–Crippen MR) is 114 cm³/mol.